The first-order valence-electron chi connectivity index (χ1n) is 5.57. The lowest BCUT2D eigenvalue weighted by molar-refractivity contribution is -0.125. The van der Waals surface area contributed by atoms with E-state index in [1.54, 1.807) is 6.92 Å². The van der Waals surface area contributed by atoms with E-state index in [9.17, 15) is 4.79 Å². The van der Waals surface area contributed by atoms with Gasteiger partial charge in [-0.2, -0.15) is 0 Å². The van der Waals surface area contributed by atoms with Crippen LogP contribution in [0.15, 0.2) is 24.3 Å². The molecule has 1 unspecified atom stereocenters. The van der Waals surface area contributed by atoms with E-state index in [-0.39, 0.29) is 5.91 Å². The third kappa shape index (κ3) is 2.29. The van der Waals surface area contributed by atoms with Crippen LogP contribution in [0.4, 0.5) is 0 Å². The number of carbonyl (C=O) groups excluding carboxylic acids is 1. The molecule has 0 aromatic heterocycles. The zero-order chi connectivity index (χ0) is 12.7. The summed E-state index contributed by atoms with van der Waals surface area (Å²) >= 11 is 11.9. The van der Waals surface area contributed by atoms with Crippen molar-refractivity contribution in [2.24, 2.45) is 5.41 Å². The third-order valence-electron chi connectivity index (χ3n) is 3.46. The summed E-state index contributed by atoms with van der Waals surface area (Å²) in [5, 5.41) is 2.89. The van der Waals surface area contributed by atoms with Crippen LogP contribution in [0.25, 0.3) is 0 Å². The van der Waals surface area contributed by atoms with Crippen LogP contribution < -0.4 is 5.32 Å². The molecule has 0 spiro atoms. The summed E-state index contributed by atoms with van der Waals surface area (Å²) in [5.41, 5.74) is 1.63. The number of halogens is 2. The van der Waals surface area contributed by atoms with E-state index in [4.69, 9.17) is 23.2 Å². The molecule has 1 aromatic rings. The third-order valence-corrected chi connectivity index (χ3v) is 4.56. The molecule has 0 radical (unpaired) electrons. The van der Waals surface area contributed by atoms with E-state index in [0.717, 1.165) is 11.1 Å². The van der Waals surface area contributed by atoms with Gasteiger partial charge in [0.25, 0.3) is 0 Å². The number of benzene rings is 1. The van der Waals surface area contributed by atoms with Crippen molar-refractivity contribution in [3.63, 3.8) is 0 Å². The van der Waals surface area contributed by atoms with E-state index < -0.39 is 9.75 Å². The van der Waals surface area contributed by atoms with Gasteiger partial charge in [0.2, 0.25) is 5.91 Å². The fourth-order valence-electron chi connectivity index (χ4n) is 1.83. The summed E-state index contributed by atoms with van der Waals surface area (Å²) in [6, 6.07) is 7.96. The van der Waals surface area contributed by atoms with Crippen molar-refractivity contribution in [3.05, 3.63) is 35.4 Å². The quantitative estimate of drug-likeness (QED) is 0.841. The highest BCUT2D eigenvalue weighted by Gasteiger charge is 2.67. The Morgan fingerprint density at radius 1 is 1.41 bits per heavy atom. The Bertz CT molecular complexity index is 458. The smallest absolute Gasteiger partial charge is 0.229 e. The van der Waals surface area contributed by atoms with Crippen LogP contribution in [0.1, 0.15) is 24.5 Å². The lowest BCUT2D eigenvalue weighted by Gasteiger charge is -2.13. The maximum absolute atomic E-state index is 11.9. The summed E-state index contributed by atoms with van der Waals surface area (Å²) in [4.78, 5) is 11.9. The molecule has 2 rings (SSSR count). The Morgan fingerprint density at radius 2 is 2.00 bits per heavy atom. The zero-order valence-electron chi connectivity index (χ0n) is 9.89. The molecule has 0 saturated heterocycles. The number of amides is 1. The van der Waals surface area contributed by atoms with Gasteiger partial charge in [0, 0.05) is 6.54 Å². The van der Waals surface area contributed by atoms with Crippen LogP contribution in [-0.2, 0) is 11.3 Å². The molecule has 0 heterocycles. The van der Waals surface area contributed by atoms with Crippen molar-refractivity contribution in [1.29, 1.82) is 0 Å². The van der Waals surface area contributed by atoms with Gasteiger partial charge >= 0.3 is 0 Å². The van der Waals surface area contributed by atoms with Gasteiger partial charge in [0.15, 0.2) is 0 Å². The number of aryl methyl sites for hydroxylation is 1. The van der Waals surface area contributed by atoms with Gasteiger partial charge in [-0.15, -0.1) is 23.2 Å². The molecule has 1 saturated carbocycles. The maximum Gasteiger partial charge on any atom is 0.229 e. The number of nitrogens with one attached hydrogen (secondary N) is 1. The molecule has 92 valence electrons. The second-order valence-electron chi connectivity index (χ2n) is 4.82. The van der Waals surface area contributed by atoms with E-state index >= 15 is 0 Å². The average Bonchev–Trinajstić information content (AvgIpc) is 2.78. The van der Waals surface area contributed by atoms with Crippen molar-refractivity contribution >= 4 is 29.1 Å². The number of rotatable bonds is 3. The second-order valence-corrected chi connectivity index (χ2v) is 6.31. The van der Waals surface area contributed by atoms with Gasteiger partial charge in [-0.1, -0.05) is 24.3 Å². The van der Waals surface area contributed by atoms with Crippen molar-refractivity contribution in [3.8, 4) is 0 Å². The molecule has 0 bridgehead atoms. The SMILES string of the molecule is Cc1ccccc1CNC(=O)C1(C)CC1(Cl)Cl. The van der Waals surface area contributed by atoms with Crippen LogP contribution in [0.5, 0.6) is 0 Å². The molecule has 1 aliphatic carbocycles. The molecule has 17 heavy (non-hydrogen) atoms. The molecular formula is C13H15Cl2NO. The normalized spacial score (nSPS) is 25.4. The Hall–Kier alpha value is -0.730. The van der Waals surface area contributed by atoms with Crippen LogP contribution in [0, 0.1) is 12.3 Å². The van der Waals surface area contributed by atoms with Crippen LogP contribution in [-0.4, -0.2) is 10.2 Å². The van der Waals surface area contributed by atoms with Crippen LogP contribution >= 0.6 is 23.2 Å². The molecular weight excluding hydrogens is 257 g/mol. The van der Waals surface area contributed by atoms with Gasteiger partial charge < -0.3 is 5.32 Å². The summed E-state index contributed by atoms with van der Waals surface area (Å²) in [6.07, 6.45) is 0.517. The van der Waals surface area contributed by atoms with Crippen molar-refractivity contribution in [2.45, 2.75) is 31.1 Å². The lowest BCUT2D eigenvalue weighted by atomic mass is 10.1. The van der Waals surface area contributed by atoms with Crippen LogP contribution in [0.3, 0.4) is 0 Å². The monoisotopic (exact) mass is 271 g/mol. The fourth-order valence-corrected chi connectivity index (χ4v) is 2.53. The molecule has 1 aliphatic rings. The van der Waals surface area contributed by atoms with E-state index in [2.05, 4.69) is 5.32 Å². The summed E-state index contributed by atoms with van der Waals surface area (Å²) in [7, 11) is 0. The standard InChI is InChI=1S/C13H15Cl2NO/c1-9-5-3-4-6-10(9)7-16-11(17)12(2)8-13(12,14)15/h3-6H,7-8H2,1-2H3,(H,16,17). The largest absolute Gasteiger partial charge is 0.351 e. The van der Waals surface area contributed by atoms with E-state index in [0.29, 0.717) is 13.0 Å². The summed E-state index contributed by atoms with van der Waals surface area (Å²) in [6.45, 7) is 4.33. The number of hydrogen-bond acceptors (Lipinski definition) is 1. The summed E-state index contributed by atoms with van der Waals surface area (Å²) < 4.78 is -0.900. The van der Waals surface area contributed by atoms with Gasteiger partial charge in [0.05, 0.1) is 5.41 Å². The highest BCUT2D eigenvalue weighted by molar-refractivity contribution is 6.53. The molecule has 1 amide bonds. The Morgan fingerprint density at radius 3 is 2.53 bits per heavy atom. The Balaban J connectivity index is 1.97. The predicted octanol–water partition coefficient (Wildman–Crippen LogP) is 3.20. The first-order chi connectivity index (χ1) is 7.87. The van der Waals surface area contributed by atoms with Crippen molar-refractivity contribution in [1.82, 2.24) is 5.32 Å². The summed E-state index contributed by atoms with van der Waals surface area (Å²) in [5.74, 6) is -0.0780. The number of alkyl halides is 2. The minimum atomic E-state index is -0.900. The minimum absolute atomic E-state index is 0.0780. The molecule has 4 heteroatoms. The van der Waals surface area contributed by atoms with Gasteiger partial charge in [-0.05, 0) is 31.4 Å². The minimum Gasteiger partial charge on any atom is -0.351 e. The first-order valence-corrected chi connectivity index (χ1v) is 6.33. The molecule has 1 N–H and O–H groups in total. The number of hydrogen-bond donors (Lipinski definition) is 1. The van der Waals surface area contributed by atoms with Gasteiger partial charge in [-0.3, -0.25) is 4.79 Å². The Kier molecular flexibility index (Phi) is 3.13. The molecule has 0 aliphatic heterocycles. The Labute approximate surface area is 111 Å². The molecule has 1 fully saturated rings. The van der Waals surface area contributed by atoms with E-state index in [1.165, 1.54) is 0 Å². The lowest BCUT2D eigenvalue weighted by Crippen LogP contribution is -2.32. The average molecular weight is 272 g/mol. The maximum atomic E-state index is 11.9. The molecule has 1 atom stereocenters. The molecule has 1 aromatic carbocycles. The predicted molar refractivity (Wildman–Crippen MR) is 70.2 cm³/mol. The topological polar surface area (TPSA) is 29.1 Å². The highest BCUT2D eigenvalue weighted by atomic mass is 35.5. The van der Waals surface area contributed by atoms with Crippen molar-refractivity contribution < 1.29 is 4.79 Å². The number of carbonyl (C=O) groups is 1. The zero-order valence-corrected chi connectivity index (χ0v) is 11.4. The first kappa shape index (κ1) is 12.7. The van der Waals surface area contributed by atoms with Gasteiger partial charge in [-0.25, -0.2) is 0 Å². The fraction of sp³-hybridized carbons (Fsp3) is 0.462. The van der Waals surface area contributed by atoms with Crippen molar-refractivity contribution in [2.75, 3.05) is 0 Å². The van der Waals surface area contributed by atoms with Crippen LogP contribution in [0.2, 0.25) is 0 Å². The second kappa shape index (κ2) is 4.18. The van der Waals surface area contributed by atoms with Gasteiger partial charge in [0.1, 0.15) is 4.33 Å². The molecule has 2 nitrogen and oxygen atoms in total. The highest BCUT2D eigenvalue weighted by Crippen LogP contribution is 2.63. The van der Waals surface area contributed by atoms with E-state index in [1.807, 2.05) is 31.2 Å².